The second kappa shape index (κ2) is 46.0. The summed E-state index contributed by atoms with van der Waals surface area (Å²) in [4.78, 5) is 25.3. The Morgan fingerprint density at radius 3 is 1.19 bits per heavy atom. The Hall–Kier alpha value is -1.36. The molecular weight excluding hydrogens is 669 g/mol. The Morgan fingerprint density at radius 1 is 0.389 bits per heavy atom. The molecule has 0 radical (unpaired) electrons. The van der Waals surface area contributed by atoms with Crippen molar-refractivity contribution in [3.8, 4) is 0 Å². The van der Waals surface area contributed by atoms with Crippen molar-refractivity contribution in [2.45, 2.75) is 271 Å². The van der Waals surface area contributed by atoms with Gasteiger partial charge in [-0.05, 0) is 38.5 Å². The fourth-order valence-corrected chi connectivity index (χ4v) is 7.14. The number of esters is 2. The summed E-state index contributed by atoms with van der Waals surface area (Å²) < 4.78 is 17.3. The van der Waals surface area contributed by atoms with Crippen molar-refractivity contribution in [1.29, 1.82) is 0 Å². The average molecular weight is 763 g/mol. The first-order valence-corrected chi connectivity index (χ1v) is 24.2. The minimum Gasteiger partial charge on any atom is -0.462 e. The van der Waals surface area contributed by atoms with E-state index in [0.29, 0.717) is 26.1 Å². The zero-order valence-corrected chi connectivity index (χ0v) is 36.8. The number of ether oxygens (including phenoxy) is 3. The molecule has 54 heavy (non-hydrogen) atoms. The van der Waals surface area contributed by atoms with E-state index in [2.05, 4.69) is 32.9 Å². The summed E-state index contributed by atoms with van der Waals surface area (Å²) in [6, 6.07) is 0. The highest BCUT2D eigenvalue weighted by molar-refractivity contribution is 5.70. The Balaban J connectivity index is 4.21. The van der Waals surface area contributed by atoms with Gasteiger partial charge in [0.05, 0.1) is 6.61 Å². The Bertz CT molecular complexity index is 780. The lowest BCUT2D eigenvalue weighted by Gasteiger charge is -2.18. The van der Waals surface area contributed by atoms with Crippen LogP contribution >= 0.6 is 0 Å². The number of unbranched alkanes of at least 4 members (excludes halogenated alkanes) is 32. The monoisotopic (exact) mass is 763 g/mol. The summed E-state index contributed by atoms with van der Waals surface area (Å²) in [7, 11) is 0. The van der Waals surface area contributed by atoms with Crippen molar-refractivity contribution in [3.05, 3.63) is 12.2 Å². The smallest absolute Gasteiger partial charge is 0.306 e. The summed E-state index contributed by atoms with van der Waals surface area (Å²) in [6.07, 6.45) is 50.6. The first-order chi connectivity index (χ1) is 26.6. The van der Waals surface area contributed by atoms with Crippen LogP contribution in [0.4, 0.5) is 0 Å². The highest BCUT2D eigenvalue weighted by atomic mass is 16.6. The van der Waals surface area contributed by atoms with E-state index >= 15 is 0 Å². The van der Waals surface area contributed by atoms with Crippen LogP contribution in [0.15, 0.2) is 12.2 Å². The molecule has 0 aliphatic carbocycles. The van der Waals surface area contributed by atoms with E-state index in [0.717, 1.165) is 38.5 Å². The summed E-state index contributed by atoms with van der Waals surface area (Å²) >= 11 is 0. The first-order valence-electron chi connectivity index (χ1n) is 24.2. The fourth-order valence-electron chi connectivity index (χ4n) is 7.14. The van der Waals surface area contributed by atoms with Crippen molar-refractivity contribution in [2.24, 2.45) is 0 Å². The molecule has 1 atom stereocenters. The third kappa shape index (κ3) is 43.4. The van der Waals surface area contributed by atoms with Crippen LogP contribution in [0.5, 0.6) is 0 Å². The van der Waals surface area contributed by atoms with Crippen molar-refractivity contribution < 1.29 is 23.8 Å². The minimum atomic E-state index is -0.527. The number of hydrogen-bond acceptors (Lipinski definition) is 5. The van der Waals surface area contributed by atoms with Gasteiger partial charge in [-0.15, -0.1) is 0 Å². The van der Waals surface area contributed by atoms with Crippen LogP contribution in [0.1, 0.15) is 265 Å². The quantitative estimate of drug-likeness (QED) is 0.0351. The summed E-state index contributed by atoms with van der Waals surface area (Å²) in [5, 5.41) is 0. The lowest BCUT2D eigenvalue weighted by atomic mass is 10.0. The molecule has 320 valence electrons. The minimum absolute atomic E-state index is 0.0918. The number of allylic oxidation sites excluding steroid dienone is 2. The number of rotatable bonds is 45. The molecule has 0 aromatic heterocycles. The maximum atomic E-state index is 12.7. The standard InChI is InChI=1S/C49H94O5/c1-4-7-10-13-16-19-22-25-27-30-33-36-39-42-48(50)53-46-47(45-52-44-41-38-35-32-29-24-21-18-15-12-9-6-3)54-49(51)43-40-37-34-31-28-26-23-20-17-14-11-8-5-2/h15,18,47H,4-14,16-17,19-46H2,1-3H3/b18-15-. The van der Waals surface area contributed by atoms with Gasteiger partial charge >= 0.3 is 11.9 Å². The first kappa shape index (κ1) is 52.6. The number of carbonyl (C=O) groups is 2. The molecule has 5 nitrogen and oxygen atoms in total. The van der Waals surface area contributed by atoms with Gasteiger partial charge in [-0.1, -0.05) is 226 Å². The van der Waals surface area contributed by atoms with Crippen LogP contribution < -0.4 is 0 Å². The van der Waals surface area contributed by atoms with E-state index in [9.17, 15) is 9.59 Å². The summed E-state index contributed by atoms with van der Waals surface area (Å²) in [6.45, 7) is 7.83. The van der Waals surface area contributed by atoms with Crippen LogP contribution in [0.3, 0.4) is 0 Å². The predicted octanol–water partition coefficient (Wildman–Crippen LogP) is 15.9. The second-order valence-corrected chi connectivity index (χ2v) is 16.4. The molecule has 0 rings (SSSR count). The second-order valence-electron chi connectivity index (χ2n) is 16.4. The van der Waals surface area contributed by atoms with Crippen LogP contribution in [-0.2, 0) is 23.8 Å². The third-order valence-electron chi connectivity index (χ3n) is 10.8. The van der Waals surface area contributed by atoms with Gasteiger partial charge in [0.1, 0.15) is 6.61 Å². The average Bonchev–Trinajstić information content (AvgIpc) is 3.17. The molecule has 0 amide bonds. The SMILES string of the molecule is CCCC/C=C\CCCCCCCCOCC(COC(=O)CCCCCCCCCCCCCCC)OC(=O)CCCCCCCCCCCCCCC. The van der Waals surface area contributed by atoms with Crippen molar-refractivity contribution in [3.63, 3.8) is 0 Å². The molecule has 0 fully saturated rings. The fraction of sp³-hybridized carbons (Fsp3) is 0.918. The molecule has 0 heterocycles. The van der Waals surface area contributed by atoms with E-state index in [1.54, 1.807) is 0 Å². The van der Waals surface area contributed by atoms with Gasteiger partial charge in [-0.2, -0.15) is 0 Å². The molecule has 0 spiro atoms. The topological polar surface area (TPSA) is 61.8 Å². The van der Waals surface area contributed by atoms with Crippen molar-refractivity contribution in [2.75, 3.05) is 19.8 Å². The van der Waals surface area contributed by atoms with Gasteiger partial charge in [0, 0.05) is 19.4 Å². The van der Waals surface area contributed by atoms with Gasteiger partial charge in [0.25, 0.3) is 0 Å². The van der Waals surface area contributed by atoms with Gasteiger partial charge in [0.15, 0.2) is 6.10 Å². The van der Waals surface area contributed by atoms with E-state index in [4.69, 9.17) is 14.2 Å². The highest BCUT2D eigenvalue weighted by Gasteiger charge is 2.17. The lowest BCUT2D eigenvalue weighted by molar-refractivity contribution is -0.163. The maximum Gasteiger partial charge on any atom is 0.306 e. The van der Waals surface area contributed by atoms with Gasteiger partial charge in [0.2, 0.25) is 0 Å². The van der Waals surface area contributed by atoms with Crippen molar-refractivity contribution >= 4 is 11.9 Å². The molecule has 0 aromatic rings. The van der Waals surface area contributed by atoms with Crippen molar-refractivity contribution in [1.82, 2.24) is 0 Å². The summed E-state index contributed by atoms with van der Waals surface area (Å²) in [5.74, 6) is -0.383. The van der Waals surface area contributed by atoms with Gasteiger partial charge < -0.3 is 14.2 Å². The largest absolute Gasteiger partial charge is 0.462 e. The lowest BCUT2D eigenvalue weighted by Crippen LogP contribution is -2.30. The van der Waals surface area contributed by atoms with Crippen LogP contribution in [0.2, 0.25) is 0 Å². The molecule has 0 bridgehead atoms. The molecule has 0 saturated heterocycles. The number of carbonyl (C=O) groups excluding carboxylic acids is 2. The molecule has 0 aliphatic heterocycles. The molecule has 1 unspecified atom stereocenters. The maximum absolute atomic E-state index is 12.7. The van der Waals surface area contributed by atoms with E-state index in [-0.39, 0.29) is 18.5 Å². The molecule has 5 heteroatoms. The Morgan fingerprint density at radius 2 is 0.741 bits per heavy atom. The zero-order chi connectivity index (χ0) is 39.3. The normalized spacial score (nSPS) is 12.1. The highest BCUT2D eigenvalue weighted by Crippen LogP contribution is 2.16. The Labute approximate surface area is 337 Å². The molecule has 0 saturated carbocycles. The third-order valence-corrected chi connectivity index (χ3v) is 10.8. The van der Waals surface area contributed by atoms with Crippen LogP contribution in [0.25, 0.3) is 0 Å². The zero-order valence-electron chi connectivity index (χ0n) is 36.8. The predicted molar refractivity (Wildman–Crippen MR) is 233 cm³/mol. The molecule has 0 aliphatic rings. The molecule has 0 N–H and O–H groups in total. The van der Waals surface area contributed by atoms with Crippen LogP contribution in [-0.4, -0.2) is 37.9 Å². The number of hydrogen-bond donors (Lipinski definition) is 0. The van der Waals surface area contributed by atoms with E-state index in [1.165, 1.54) is 193 Å². The van der Waals surface area contributed by atoms with Gasteiger partial charge in [-0.25, -0.2) is 0 Å². The molecular formula is C49H94O5. The van der Waals surface area contributed by atoms with Crippen LogP contribution in [0, 0.1) is 0 Å². The molecule has 0 aromatic carbocycles. The van der Waals surface area contributed by atoms with E-state index in [1.807, 2.05) is 0 Å². The Kier molecular flexibility index (Phi) is 44.9. The van der Waals surface area contributed by atoms with Gasteiger partial charge in [-0.3, -0.25) is 9.59 Å². The summed E-state index contributed by atoms with van der Waals surface area (Å²) in [5.41, 5.74) is 0. The van der Waals surface area contributed by atoms with E-state index < -0.39 is 6.10 Å².